The number of carbonyl (C=O) groups is 1. The number of nitrogens with one attached hydrogen (secondary N) is 3. The summed E-state index contributed by atoms with van der Waals surface area (Å²) >= 11 is 0. The molecule has 34 heavy (non-hydrogen) atoms. The van der Waals surface area contributed by atoms with Gasteiger partial charge in [0.05, 0.1) is 6.04 Å². The van der Waals surface area contributed by atoms with Crippen molar-refractivity contribution >= 4 is 22.5 Å². The molecule has 0 radical (unpaired) electrons. The topological polar surface area (TPSA) is 56.9 Å². The van der Waals surface area contributed by atoms with E-state index in [2.05, 4.69) is 58.1 Å². The van der Waals surface area contributed by atoms with Crippen LogP contribution in [0, 0.1) is 13.8 Å². The average molecular weight is 454 g/mol. The first-order valence-corrected chi connectivity index (χ1v) is 12.3. The van der Waals surface area contributed by atoms with Gasteiger partial charge in [0.2, 0.25) is 5.91 Å². The molecule has 0 bridgehead atoms. The van der Waals surface area contributed by atoms with Crippen LogP contribution in [0.5, 0.6) is 0 Å². The number of fused-ring (bicyclic) bond motifs is 1. The molecule has 3 aromatic carbocycles. The SMILES string of the molecule is Cc1cccc(C)c1NC(=O)C(Cc1c[nH]c2ccccc12)NCCCCCc1ccccc1. The van der Waals surface area contributed by atoms with Gasteiger partial charge < -0.3 is 15.6 Å². The molecule has 4 rings (SSSR count). The number of aromatic amines is 1. The Hall–Kier alpha value is -3.37. The second-order valence-electron chi connectivity index (χ2n) is 9.12. The highest BCUT2D eigenvalue weighted by molar-refractivity contribution is 5.97. The van der Waals surface area contributed by atoms with Gasteiger partial charge >= 0.3 is 0 Å². The zero-order valence-electron chi connectivity index (χ0n) is 20.2. The Balaban J connectivity index is 1.39. The average Bonchev–Trinajstić information content (AvgIpc) is 3.26. The van der Waals surface area contributed by atoms with Crippen molar-refractivity contribution in [1.82, 2.24) is 10.3 Å². The summed E-state index contributed by atoms with van der Waals surface area (Å²) in [6.07, 6.45) is 7.13. The first kappa shape index (κ1) is 23.8. The van der Waals surface area contributed by atoms with Gasteiger partial charge in [-0.1, -0.05) is 73.2 Å². The van der Waals surface area contributed by atoms with E-state index in [9.17, 15) is 4.79 Å². The summed E-state index contributed by atoms with van der Waals surface area (Å²) in [5.74, 6) is 0.0203. The number of H-pyrrole nitrogens is 1. The van der Waals surface area contributed by atoms with E-state index in [-0.39, 0.29) is 11.9 Å². The fraction of sp³-hybridized carbons (Fsp3) is 0.300. The predicted octanol–water partition coefficient (Wildman–Crippen LogP) is 6.34. The Morgan fingerprint density at radius 1 is 0.853 bits per heavy atom. The smallest absolute Gasteiger partial charge is 0.241 e. The minimum Gasteiger partial charge on any atom is -0.361 e. The number of aryl methyl sites for hydroxylation is 3. The van der Waals surface area contributed by atoms with Gasteiger partial charge in [-0.2, -0.15) is 0 Å². The van der Waals surface area contributed by atoms with Crippen molar-refractivity contribution < 1.29 is 4.79 Å². The maximum absolute atomic E-state index is 13.4. The van der Waals surface area contributed by atoms with Gasteiger partial charge in [0.1, 0.15) is 0 Å². The minimum atomic E-state index is -0.299. The van der Waals surface area contributed by atoms with Crippen molar-refractivity contribution in [1.29, 1.82) is 0 Å². The van der Waals surface area contributed by atoms with Crippen LogP contribution in [-0.2, 0) is 17.6 Å². The lowest BCUT2D eigenvalue weighted by Crippen LogP contribution is -2.42. The molecule has 1 amide bonds. The Labute approximate surface area is 202 Å². The number of aromatic nitrogens is 1. The lowest BCUT2D eigenvalue weighted by molar-refractivity contribution is -0.118. The normalized spacial score (nSPS) is 12.1. The molecule has 4 heteroatoms. The standard InChI is InChI=1S/C30H35N3O/c1-22-12-11-13-23(2)29(22)33-30(34)28(20-25-21-32-27-18-9-8-17-26(25)27)31-19-10-4-7-16-24-14-5-3-6-15-24/h3,5-6,8-9,11-15,17-18,21,28,31-32H,4,7,10,16,19-20H2,1-2H3,(H,33,34). The Morgan fingerprint density at radius 3 is 2.38 bits per heavy atom. The summed E-state index contributed by atoms with van der Waals surface area (Å²) in [5.41, 5.74) is 6.74. The van der Waals surface area contributed by atoms with E-state index < -0.39 is 0 Å². The molecular weight excluding hydrogens is 418 g/mol. The number of carbonyl (C=O) groups excluding carboxylic acids is 1. The van der Waals surface area contributed by atoms with E-state index in [4.69, 9.17) is 0 Å². The molecule has 0 aliphatic carbocycles. The third kappa shape index (κ3) is 6.15. The molecule has 176 valence electrons. The highest BCUT2D eigenvalue weighted by Crippen LogP contribution is 2.22. The third-order valence-corrected chi connectivity index (χ3v) is 6.52. The lowest BCUT2D eigenvalue weighted by atomic mass is 10.0. The quantitative estimate of drug-likeness (QED) is 0.232. The van der Waals surface area contributed by atoms with Crippen LogP contribution in [0.2, 0.25) is 0 Å². The fourth-order valence-corrected chi connectivity index (χ4v) is 4.55. The molecule has 0 spiro atoms. The minimum absolute atomic E-state index is 0.0203. The number of anilines is 1. The molecule has 4 aromatic rings. The van der Waals surface area contributed by atoms with E-state index in [1.54, 1.807) is 0 Å². The molecule has 0 saturated heterocycles. The third-order valence-electron chi connectivity index (χ3n) is 6.52. The molecular formula is C30H35N3O. The van der Waals surface area contributed by atoms with E-state index >= 15 is 0 Å². The van der Waals surface area contributed by atoms with E-state index in [1.165, 1.54) is 10.9 Å². The zero-order chi connectivity index (χ0) is 23.8. The number of hydrogen-bond acceptors (Lipinski definition) is 2. The van der Waals surface area contributed by atoms with Crippen molar-refractivity contribution in [3.8, 4) is 0 Å². The molecule has 0 aliphatic rings. The molecule has 1 heterocycles. The molecule has 1 unspecified atom stereocenters. The summed E-state index contributed by atoms with van der Waals surface area (Å²) in [6.45, 7) is 4.90. The lowest BCUT2D eigenvalue weighted by Gasteiger charge is -2.20. The number of benzene rings is 3. The van der Waals surface area contributed by atoms with E-state index in [0.717, 1.165) is 60.1 Å². The molecule has 4 nitrogen and oxygen atoms in total. The predicted molar refractivity (Wildman–Crippen MR) is 142 cm³/mol. The van der Waals surface area contributed by atoms with Gasteiger partial charge in [0, 0.05) is 22.8 Å². The van der Waals surface area contributed by atoms with Crippen LogP contribution in [0.15, 0.2) is 79.0 Å². The summed E-state index contributed by atoms with van der Waals surface area (Å²) in [4.78, 5) is 16.7. The number of para-hydroxylation sites is 2. The maximum Gasteiger partial charge on any atom is 0.241 e. The summed E-state index contributed by atoms with van der Waals surface area (Å²) in [7, 11) is 0. The Morgan fingerprint density at radius 2 is 1.59 bits per heavy atom. The van der Waals surface area contributed by atoms with Crippen molar-refractivity contribution in [3.05, 3.63) is 101 Å². The van der Waals surface area contributed by atoms with Gasteiger partial charge in [0.25, 0.3) is 0 Å². The number of rotatable bonds is 11. The van der Waals surface area contributed by atoms with Crippen molar-refractivity contribution in [2.24, 2.45) is 0 Å². The van der Waals surface area contributed by atoms with Gasteiger partial charge in [-0.3, -0.25) is 4.79 Å². The van der Waals surface area contributed by atoms with E-state index in [0.29, 0.717) is 6.42 Å². The molecule has 1 aromatic heterocycles. The zero-order valence-corrected chi connectivity index (χ0v) is 20.2. The summed E-state index contributed by atoms with van der Waals surface area (Å²) < 4.78 is 0. The molecule has 0 aliphatic heterocycles. The monoisotopic (exact) mass is 453 g/mol. The number of hydrogen-bond donors (Lipinski definition) is 3. The van der Waals surface area contributed by atoms with Crippen LogP contribution in [0.3, 0.4) is 0 Å². The number of unbranched alkanes of at least 4 members (excludes halogenated alkanes) is 2. The van der Waals surface area contributed by atoms with Crippen LogP contribution >= 0.6 is 0 Å². The van der Waals surface area contributed by atoms with Crippen LogP contribution in [-0.4, -0.2) is 23.5 Å². The highest BCUT2D eigenvalue weighted by Gasteiger charge is 2.21. The van der Waals surface area contributed by atoms with Crippen molar-refractivity contribution in [3.63, 3.8) is 0 Å². The Bertz CT molecular complexity index is 1190. The fourth-order valence-electron chi connectivity index (χ4n) is 4.55. The van der Waals surface area contributed by atoms with E-state index in [1.807, 2.05) is 50.4 Å². The van der Waals surface area contributed by atoms with Crippen LogP contribution < -0.4 is 10.6 Å². The second-order valence-corrected chi connectivity index (χ2v) is 9.12. The molecule has 1 atom stereocenters. The first-order chi connectivity index (χ1) is 16.6. The largest absolute Gasteiger partial charge is 0.361 e. The van der Waals surface area contributed by atoms with Gasteiger partial charge in [0.15, 0.2) is 0 Å². The van der Waals surface area contributed by atoms with Crippen LogP contribution in [0.1, 0.15) is 41.5 Å². The van der Waals surface area contributed by atoms with Gasteiger partial charge in [-0.25, -0.2) is 0 Å². The second kappa shape index (κ2) is 11.7. The molecule has 0 fully saturated rings. The molecule has 3 N–H and O–H groups in total. The highest BCUT2D eigenvalue weighted by atomic mass is 16.2. The van der Waals surface area contributed by atoms with Gasteiger partial charge in [-0.05, 0) is 74.4 Å². The first-order valence-electron chi connectivity index (χ1n) is 12.3. The van der Waals surface area contributed by atoms with Crippen molar-refractivity contribution in [2.75, 3.05) is 11.9 Å². The number of amides is 1. The molecule has 0 saturated carbocycles. The Kier molecular flexibility index (Phi) is 8.16. The van der Waals surface area contributed by atoms with Crippen molar-refractivity contribution in [2.45, 2.75) is 52.0 Å². The maximum atomic E-state index is 13.4. The summed E-state index contributed by atoms with van der Waals surface area (Å²) in [6, 6.07) is 24.7. The van der Waals surface area contributed by atoms with Crippen LogP contribution in [0.4, 0.5) is 5.69 Å². The van der Waals surface area contributed by atoms with Gasteiger partial charge in [-0.15, -0.1) is 0 Å². The summed E-state index contributed by atoms with van der Waals surface area (Å²) in [5, 5.41) is 7.93. The van der Waals surface area contributed by atoms with Crippen LogP contribution in [0.25, 0.3) is 10.9 Å².